The minimum atomic E-state index is -1.47. The lowest BCUT2D eigenvalue weighted by Gasteiger charge is -2.19. The number of hydrogen-bond donors (Lipinski definition) is 1. The third-order valence-corrected chi connectivity index (χ3v) is 8.54. The molecule has 2 rings (SSSR count). The SMILES string of the molecule is C[Si](C)(CBr)OCCc1c[nH]c2ccccc12. The number of benzene rings is 1. The molecule has 2 aromatic rings. The zero-order valence-corrected chi connectivity index (χ0v) is 12.9. The fraction of sp³-hybridized carbons (Fsp3) is 0.385. The predicted molar refractivity (Wildman–Crippen MR) is 79.2 cm³/mol. The summed E-state index contributed by atoms with van der Waals surface area (Å²) in [6.07, 6.45) is 3.07. The molecule has 0 aliphatic carbocycles. The number of nitrogens with one attached hydrogen (secondary N) is 1. The van der Waals surface area contributed by atoms with E-state index in [9.17, 15) is 0 Å². The largest absolute Gasteiger partial charge is 0.416 e. The highest BCUT2D eigenvalue weighted by Crippen LogP contribution is 2.18. The van der Waals surface area contributed by atoms with Crippen molar-refractivity contribution in [2.24, 2.45) is 0 Å². The normalized spacial score (nSPS) is 12.2. The molecule has 0 radical (unpaired) electrons. The summed E-state index contributed by atoms with van der Waals surface area (Å²) >= 11 is 3.52. The van der Waals surface area contributed by atoms with Gasteiger partial charge in [-0.05, 0) is 31.1 Å². The molecule has 0 saturated carbocycles. The first-order valence-electron chi connectivity index (χ1n) is 5.87. The smallest absolute Gasteiger partial charge is 0.197 e. The molecule has 0 aliphatic heterocycles. The molecule has 1 heterocycles. The van der Waals surface area contributed by atoms with Gasteiger partial charge in [-0.3, -0.25) is 0 Å². The topological polar surface area (TPSA) is 25.0 Å². The Morgan fingerprint density at radius 1 is 1.29 bits per heavy atom. The average Bonchev–Trinajstić information content (AvgIpc) is 2.73. The van der Waals surface area contributed by atoms with Crippen LogP contribution < -0.4 is 0 Å². The second-order valence-electron chi connectivity index (χ2n) is 4.85. The molecular weight excluding hydrogens is 294 g/mol. The molecule has 1 aromatic carbocycles. The maximum atomic E-state index is 5.98. The molecule has 0 amide bonds. The number of fused-ring (bicyclic) bond motifs is 1. The fourth-order valence-electron chi connectivity index (χ4n) is 1.81. The Balaban J connectivity index is 2.00. The van der Waals surface area contributed by atoms with Crippen molar-refractivity contribution in [3.8, 4) is 0 Å². The Labute approximate surface area is 112 Å². The molecule has 2 nitrogen and oxygen atoms in total. The molecular formula is C13H18BrNOSi. The lowest BCUT2D eigenvalue weighted by molar-refractivity contribution is 0.316. The van der Waals surface area contributed by atoms with Crippen LogP contribution in [0.15, 0.2) is 30.5 Å². The van der Waals surface area contributed by atoms with E-state index in [-0.39, 0.29) is 0 Å². The maximum Gasteiger partial charge on any atom is 0.197 e. The summed E-state index contributed by atoms with van der Waals surface area (Å²) in [7, 11) is -1.47. The zero-order valence-electron chi connectivity index (χ0n) is 10.3. The Morgan fingerprint density at radius 2 is 2.06 bits per heavy atom. The van der Waals surface area contributed by atoms with Crippen LogP contribution in [0.4, 0.5) is 0 Å². The molecule has 1 aromatic heterocycles. The Morgan fingerprint density at radius 3 is 2.82 bits per heavy atom. The van der Waals surface area contributed by atoms with Crippen molar-refractivity contribution in [2.75, 3.05) is 11.6 Å². The van der Waals surface area contributed by atoms with Crippen LogP contribution in [-0.2, 0) is 10.8 Å². The third-order valence-electron chi connectivity index (χ3n) is 2.86. The van der Waals surface area contributed by atoms with Gasteiger partial charge in [0.05, 0.1) is 0 Å². The van der Waals surface area contributed by atoms with E-state index in [2.05, 4.69) is 64.5 Å². The first kappa shape index (κ1) is 12.9. The van der Waals surface area contributed by atoms with Crippen LogP contribution in [0.2, 0.25) is 13.1 Å². The highest BCUT2D eigenvalue weighted by atomic mass is 79.9. The van der Waals surface area contributed by atoms with E-state index in [1.165, 1.54) is 16.5 Å². The highest BCUT2D eigenvalue weighted by molar-refractivity contribution is 9.09. The molecule has 0 saturated heterocycles. The molecule has 0 aliphatic rings. The standard InChI is InChI=1S/C13H18BrNOSi/c1-17(2,10-14)16-8-7-11-9-15-13-6-4-3-5-12(11)13/h3-6,9,15H,7-8,10H2,1-2H3. The number of alkyl halides is 1. The monoisotopic (exact) mass is 311 g/mol. The summed E-state index contributed by atoms with van der Waals surface area (Å²) in [6, 6.07) is 8.41. The van der Waals surface area contributed by atoms with Gasteiger partial charge >= 0.3 is 0 Å². The van der Waals surface area contributed by atoms with Gasteiger partial charge in [-0.25, -0.2) is 0 Å². The minimum absolute atomic E-state index is 0.812. The van der Waals surface area contributed by atoms with Crippen LogP contribution in [0.5, 0.6) is 0 Å². The van der Waals surface area contributed by atoms with Gasteiger partial charge in [-0.1, -0.05) is 34.1 Å². The van der Waals surface area contributed by atoms with Gasteiger partial charge < -0.3 is 9.41 Å². The van der Waals surface area contributed by atoms with Crippen molar-refractivity contribution in [2.45, 2.75) is 19.5 Å². The van der Waals surface area contributed by atoms with Crippen molar-refractivity contribution in [3.63, 3.8) is 0 Å². The molecule has 0 bridgehead atoms. The maximum absolute atomic E-state index is 5.98. The Kier molecular flexibility index (Phi) is 4.07. The lowest BCUT2D eigenvalue weighted by atomic mass is 10.1. The summed E-state index contributed by atoms with van der Waals surface area (Å²) in [5.74, 6) is 0. The van der Waals surface area contributed by atoms with Crippen molar-refractivity contribution in [3.05, 3.63) is 36.0 Å². The number of H-pyrrole nitrogens is 1. The van der Waals surface area contributed by atoms with Crippen molar-refractivity contribution in [1.29, 1.82) is 0 Å². The van der Waals surface area contributed by atoms with Crippen molar-refractivity contribution in [1.82, 2.24) is 4.98 Å². The lowest BCUT2D eigenvalue weighted by Crippen LogP contribution is -2.33. The summed E-state index contributed by atoms with van der Waals surface area (Å²) in [6.45, 7) is 5.28. The van der Waals surface area contributed by atoms with Gasteiger partial charge in [-0.15, -0.1) is 0 Å². The number of aromatic amines is 1. The number of hydrogen-bond acceptors (Lipinski definition) is 1. The Hall–Kier alpha value is -0.583. The first-order valence-corrected chi connectivity index (χ1v) is 10.1. The van der Waals surface area contributed by atoms with Crippen LogP contribution in [0.3, 0.4) is 0 Å². The van der Waals surface area contributed by atoms with E-state index in [4.69, 9.17) is 4.43 Å². The number of para-hydroxylation sites is 1. The van der Waals surface area contributed by atoms with E-state index in [1.54, 1.807) is 0 Å². The van der Waals surface area contributed by atoms with Gasteiger partial charge in [0, 0.05) is 28.7 Å². The molecule has 0 fully saturated rings. The second kappa shape index (κ2) is 5.37. The van der Waals surface area contributed by atoms with Crippen LogP contribution >= 0.6 is 15.9 Å². The zero-order chi connectivity index (χ0) is 12.3. The van der Waals surface area contributed by atoms with Crippen LogP contribution in [0.25, 0.3) is 10.9 Å². The molecule has 0 unspecified atom stereocenters. The highest BCUT2D eigenvalue weighted by Gasteiger charge is 2.20. The number of aromatic nitrogens is 1. The molecule has 0 spiro atoms. The van der Waals surface area contributed by atoms with E-state index < -0.39 is 8.32 Å². The van der Waals surface area contributed by atoms with Crippen LogP contribution in [0.1, 0.15) is 5.56 Å². The molecule has 0 atom stereocenters. The summed E-state index contributed by atoms with van der Waals surface area (Å²) in [5.41, 5.74) is 2.56. The molecule has 1 N–H and O–H groups in total. The van der Waals surface area contributed by atoms with Crippen molar-refractivity contribution >= 4 is 35.2 Å². The Bertz CT molecular complexity index is 495. The summed E-state index contributed by atoms with van der Waals surface area (Å²) in [5, 5.41) is 1.31. The molecule has 17 heavy (non-hydrogen) atoms. The van der Waals surface area contributed by atoms with Gasteiger partial charge in [0.1, 0.15) is 0 Å². The van der Waals surface area contributed by atoms with E-state index in [0.717, 1.165) is 18.0 Å². The van der Waals surface area contributed by atoms with E-state index >= 15 is 0 Å². The molecule has 92 valence electrons. The van der Waals surface area contributed by atoms with E-state index in [0.29, 0.717) is 0 Å². The van der Waals surface area contributed by atoms with Crippen LogP contribution in [0, 0.1) is 0 Å². The van der Waals surface area contributed by atoms with Crippen LogP contribution in [-0.4, -0.2) is 24.9 Å². The first-order chi connectivity index (χ1) is 8.12. The number of rotatable bonds is 5. The predicted octanol–water partition coefficient (Wildman–Crippen LogP) is 3.87. The molecule has 4 heteroatoms. The van der Waals surface area contributed by atoms with Gasteiger partial charge in [0.25, 0.3) is 0 Å². The van der Waals surface area contributed by atoms with Crippen molar-refractivity contribution < 1.29 is 4.43 Å². The quantitative estimate of drug-likeness (QED) is 0.658. The average molecular weight is 312 g/mol. The fourth-order valence-corrected chi connectivity index (χ4v) is 3.03. The van der Waals surface area contributed by atoms with Gasteiger partial charge in [-0.2, -0.15) is 0 Å². The van der Waals surface area contributed by atoms with Gasteiger partial charge in [0.2, 0.25) is 0 Å². The third kappa shape index (κ3) is 3.21. The second-order valence-corrected chi connectivity index (χ2v) is 10.6. The minimum Gasteiger partial charge on any atom is -0.416 e. The van der Waals surface area contributed by atoms with E-state index in [1.807, 2.05) is 0 Å². The number of halogens is 1. The summed E-state index contributed by atoms with van der Waals surface area (Å²) in [4.78, 5) is 4.29. The summed E-state index contributed by atoms with van der Waals surface area (Å²) < 4.78 is 5.98. The van der Waals surface area contributed by atoms with Gasteiger partial charge in [0.15, 0.2) is 8.32 Å².